The zero-order valence-electron chi connectivity index (χ0n) is 13.6. The van der Waals surface area contributed by atoms with Crippen molar-refractivity contribution in [1.82, 2.24) is 19.8 Å². The number of alkyl halides is 1. The third kappa shape index (κ3) is 4.19. The molecule has 5 nitrogen and oxygen atoms in total. The van der Waals surface area contributed by atoms with E-state index in [0.29, 0.717) is 38.4 Å². The quantitative estimate of drug-likeness (QED) is 0.813. The molecule has 0 spiro atoms. The fourth-order valence-electron chi connectivity index (χ4n) is 3.47. The Kier molecular flexibility index (Phi) is 5.10. The lowest BCUT2D eigenvalue weighted by Gasteiger charge is -2.24. The molecule has 2 aliphatic rings. The Bertz CT molecular complexity index is 571. The van der Waals surface area contributed by atoms with Crippen molar-refractivity contribution >= 4 is 5.91 Å². The number of hydrogen-bond acceptors (Lipinski definition) is 3. The van der Waals surface area contributed by atoms with Gasteiger partial charge in [0.25, 0.3) is 0 Å². The molecule has 0 bridgehead atoms. The van der Waals surface area contributed by atoms with Crippen molar-refractivity contribution in [3.8, 4) is 0 Å². The summed E-state index contributed by atoms with van der Waals surface area (Å²) in [5, 5.41) is 2.99. The van der Waals surface area contributed by atoms with Crippen molar-refractivity contribution < 1.29 is 9.18 Å². The number of nitrogens with one attached hydrogen (secondary N) is 1. The van der Waals surface area contributed by atoms with Crippen LogP contribution >= 0.6 is 0 Å². The Balaban J connectivity index is 1.49. The molecule has 6 heteroatoms. The number of halogens is 1. The number of carbonyl (C=O) groups excluding carboxylic acids is 1. The Hall–Kier alpha value is -1.69. The summed E-state index contributed by atoms with van der Waals surface area (Å²) in [6, 6.07) is 0.0461. The van der Waals surface area contributed by atoms with Crippen LogP contribution < -0.4 is 5.32 Å². The van der Waals surface area contributed by atoms with E-state index in [2.05, 4.69) is 27.4 Å². The maximum Gasteiger partial charge on any atom is 0.220 e. The molecule has 1 saturated heterocycles. The number of rotatable bonds is 6. The summed E-state index contributed by atoms with van der Waals surface area (Å²) in [5.74, 6) is 1.36. The van der Waals surface area contributed by atoms with Gasteiger partial charge in [-0.25, -0.2) is 9.37 Å². The van der Waals surface area contributed by atoms with E-state index in [-0.39, 0.29) is 11.9 Å². The lowest BCUT2D eigenvalue weighted by Crippen LogP contribution is -2.40. The molecular weight excluding hydrogens is 295 g/mol. The normalized spacial score (nSPS) is 27.7. The maximum atomic E-state index is 13.8. The minimum atomic E-state index is -0.824. The van der Waals surface area contributed by atoms with Crippen molar-refractivity contribution in [2.45, 2.75) is 44.4 Å². The van der Waals surface area contributed by atoms with Crippen molar-refractivity contribution in [3.05, 3.63) is 30.4 Å². The van der Waals surface area contributed by atoms with E-state index in [1.54, 1.807) is 6.20 Å². The minimum Gasteiger partial charge on any atom is -0.355 e. The van der Waals surface area contributed by atoms with E-state index in [9.17, 15) is 9.18 Å². The highest BCUT2D eigenvalue weighted by atomic mass is 19.1. The molecule has 0 saturated carbocycles. The number of likely N-dealkylation sites (tertiary alicyclic amines) is 1. The van der Waals surface area contributed by atoms with Gasteiger partial charge < -0.3 is 9.88 Å². The van der Waals surface area contributed by atoms with Crippen LogP contribution in [0.2, 0.25) is 0 Å². The summed E-state index contributed by atoms with van der Waals surface area (Å²) in [5.41, 5.74) is 0. The number of carbonyl (C=O) groups is 1. The summed E-state index contributed by atoms with van der Waals surface area (Å²) in [6.07, 6.45) is 10.2. The lowest BCUT2D eigenvalue weighted by molar-refractivity contribution is -0.121. The number of imidazole rings is 1. The number of nitrogens with zero attached hydrogens (tertiary/aromatic N) is 3. The standard InChI is InChI=1S/C17H25FN4O/c1-21-7-6-19-16(21)12-22-11-14(18)9-15(22)10-20-17(23)8-13-4-2-3-5-13/h2,4,6-7,13-15H,3,5,8-12H2,1H3,(H,20,23)/t13-,14-,15-/m0/s1. The van der Waals surface area contributed by atoms with Crippen LogP contribution in [0, 0.1) is 5.92 Å². The highest BCUT2D eigenvalue weighted by molar-refractivity contribution is 5.76. The van der Waals surface area contributed by atoms with E-state index in [1.807, 2.05) is 17.8 Å². The van der Waals surface area contributed by atoms with Crippen LogP contribution in [-0.4, -0.2) is 45.7 Å². The molecule has 1 fully saturated rings. The Labute approximate surface area is 136 Å². The second-order valence-electron chi connectivity index (χ2n) is 6.64. The summed E-state index contributed by atoms with van der Waals surface area (Å²) < 4.78 is 15.8. The molecule has 1 aromatic rings. The van der Waals surface area contributed by atoms with Crippen LogP contribution in [-0.2, 0) is 18.4 Å². The van der Waals surface area contributed by atoms with Gasteiger partial charge in [0.2, 0.25) is 5.91 Å². The highest BCUT2D eigenvalue weighted by Gasteiger charge is 2.32. The third-order valence-corrected chi connectivity index (χ3v) is 4.84. The molecule has 0 aromatic carbocycles. The average Bonchev–Trinajstić information content (AvgIpc) is 3.22. The molecule has 3 atom stereocenters. The van der Waals surface area contributed by atoms with Gasteiger partial charge in [0.15, 0.2) is 0 Å². The monoisotopic (exact) mass is 320 g/mol. The number of amides is 1. The van der Waals surface area contributed by atoms with Gasteiger partial charge in [-0.05, 0) is 25.2 Å². The van der Waals surface area contributed by atoms with E-state index in [0.717, 1.165) is 18.7 Å². The summed E-state index contributed by atoms with van der Waals surface area (Å²) >= 11 is 0. The predicted molar refractivity (Wildman–Crippen MR) is 86.4 cm³/mol. The molecule has 1 amide bonds. The highest BCUT2D eigenvalue weighted by Crippen LogP contribution is 2.23. The van der Waals surface area contributed by atoms with Crippen molar-refractivity contribution in [2.75, 3.05) is 13.1 Å². The number of hydrogen-bond donors (Lipinski definition) is 1. The molecule has 2 heterocycles. The SMILES string of the molecule is Cn1ccnc1CN1C[C@@H](F)C[C@H]1CNC(=O)C[C@H]1C=CCC1. The Morgan fingerprint density at radius 2 is 2.39 bits per heavy atom. The maximum absolute atomic E-state index is 13.8. The topological polar surface area (TPSA) is 50.2 Å². The average molecular weight is 320 g/mol. The molecule has 23 heavy (non-hydrogen) atoms. The van der Waals surface area contributed by atoms with Crippen molar-refractivity contribution in [3.63, 3.8) is 0 Å². The summed E-state index contributed by atoms with van der Waals surface area (Å²) in [6.45, 7) is 1.55. The Morgan fingerprint density at radius 3 is 3.09 bits per heavy atom. The Morgan fingerprint density at radius 1 is 1.52 bits per heavy atom. The first-order valence-electron chi connectivity index (χ1n) is 8.39. The summed E-state index contributed by atoms with van der Waals surface area (Å²) in [4.78, 5) is 18.4. The fraction of sp³-hybridized carbons (Fsp3) is 0.647. The first-order chi connectivity index (χ1) is 11.1. The molecule has 1 aliphatic heterocycles. The van der Waals surface area contributed by atoms with Crippen LogP contribution in [0.5, 0.6) is 0 Å². The van der Waals surface area contributed by atoms with Crippen LogP contribution in [0.15, 0.2) is 24.5 Å². The number of aromatic nitrogens is 2. The van der Waals surface area contributed by atoms with Gasteiger partial charge in [-0.2, -0.15) is 0 Å². The van der Waals surface area contributed by atoms with Gasteiger partial charge in [0, 0.05) is 45.0 Å². The molecule has 0 radical (unpaired) electrons. The number of allylic oxidation sites excluding steroid dienone is 2. The minimum absolute atomic E-state index is 0.0461. The van der Waals surface area contributed by atoms with Crippen molar-refractivity contribution in [2.24, 2.45) is 13.0 Å². The molecule has 3 rings (SSSR count). The van der Waals surface area contributed by atoms with Gasteiger partial charge in [-0.1, -0.05) is 12.2 Å². The smallest absolute Gasteiger partial charge is 0.220 e. The predicted octanol–water partition coefficient (Wildman–Crippen LogP) is 1.80. The van der Waals surface area contributed by atoms with E-state index >= 15 is 0 Å². The molecule has 1 N–H and O–H groups in total. The zero-order chi connectivity index (χ0) is 16.2. The lowest BCUT2D eigenvalue weighted by atomic mass is 10.0. The zero-order valence-corrected chi connectivity index (χ0v) is 13.6. The van der Waals surface area contributed by atoms with Crippen LogP contribution in [0.3, 0.4) is 0 Å². The van der Waals surface area contributed by atoms with Crippen molar-refractivity contribution in [1.29, 1.82) is 0 Å². The second kappa shape index (κ2) is 7.25. The van der Waals surface area contributed by atoms with Gasteiger partial charge in [-0.15, -0.1) is 0 Å². The fourth-order valence-corrected chi connectivity index (χ4v) is 3.47. The molecule has 1 aliphatic carbocycles. The second-order valence-corrected chi connectivity index (χ2v) is 6.64. The largest absolute Gasteiger partial charge is 0.355 e. The molecule has 126 valence electrons. The van der Waals surface area contributed by atoms with Crippen LogP contribution in [0.1, 0.15) is 31.5 Å². The van der Waals surface area contributed by atoms with E-state index in [4.69, 9.17) is 0 Å². The molecular formula is C17H25FN4O. The van der Waals surface area contributed by atoms with Gasteiger partial charge >= 0.3 is 0 Å². The van der Waals surface area contributed by atoms with Crippen LogP contribution in [0.4, 0.5) is 4.39 Å². The van der Waals surface area contributed by atoms with Gasteiger partial charge in [0.1, 0.15) is 12.0 Å². The number of aryl methyl sites for hydroxylation is 1. The first kappa shape index (κ1) is 16.2. The molecule has 1 aromatic heterocycles. The van der Waals surface area contributed by atoms with E-state index < -0.39 is 6.17 Å². The van der Waals surface area contributed by atoms with Gasteiger partial charge in [0.05, 0.1) is 6.54 Å². The third-order valence-electron chi connectivity index (χ3n) is 4.84. The van der Waals surface area contributed by atoms with Gasteiger partial charge in [-0.3, -0.25) is 9.69 Å². The first-order valence-corrected chi connectivity index (χ1v) is 8.39. The molecule has 0 unspecified atom stereocenters. The summed E-state index contributed by atoms with van der Waals surface area (Å²) in [7, 11) is 1.94. The van der Waals surface area contributed by atoms with E-state index in [1.165, 1.54) is 0 Å². The van der Waals surface area contributed by atoms with Crippen LogP contribution in [0.25, 0.3) is 0 Å².